The Morgan fingerprint density at radius 2 is 1.90 bits per heavy atom. The van der Waals surface area contributed by atoms with Gasteiger partial charge in [0.25, 0.3) is 10.0 Å². The van der Waals surface area contributed by atoms with Gasteiger partial charge >= 0.3 is 5.69 Å². The monoisotopic (exact) mass is 298 g/mol. The second-order valence-corrected chi connectivity index (χ2v) is 5.64. The first kappa shape index (κ1) is 15.8. The summed E-state index contributed by atoms with van der Waals surface area (Å²) in [7, 11) is -4.12. The van der Waals surface area contributed by atoms with Crippen molar-refractivity contribution in [1.82, 2.24) is 9.29 Å². The van der Waals surface area contributed by atoms with Crippen molar-refractivity contribution in [2.24, 2.45) is 0 Å². The van der Waals surface area contributed by atoms with Crippen LogP contribution < -0.4 is 5.73 Å². The lowest BCUT2D eigenvalue weighted by Crippen LogP contribution is -2.32. The molecule has 108 valence electrons. The average molecular weight is 298 g/mol. The summed E-state index contributed by atoms with van der Waals surface area (Å²) in [6.45, 7) is 6.87. The quantitative estimate of drug-likeness (QED) is 0.454. The van der Waals surface area contributed by atoms with Crippen LogP contribution in [0.3, 0.4) is 0 Å². The molecular weight excluding hydrogens is 284 g/mol. The lowest BCUT2D eigenvalue weighted by Gasteiger charge is -2.18. The Balaban J connectivity index is 3.48. The van der Waals surface area contributed by atoms with E-state index in [4.69, 9.17) is 5.73 Å². The molecule has 0 bridgehead atoms. The molecule has 9 heteroatoms. The van der Waals surface area contributed by atoms with Crippen LogP contribution in [-0.2, 0) is 10.0 Å². The van der Waals surface area contributed by atoms with Crippen LogP contribution in [0.2, 0.25) is 0 Å². The van der Waals surface area contributed by atoms with Crippen molar-refractivity contribution >= 4 is 21.4 Å². The molecule has 2 N–H and O–H groups in total. The molecule has 0 aliphatic heterocycles. The Morgan fingerprint density at radius 3 is 2.35 bits per heavy atom. The van der Waals surface area contributed by atoms with E-state index in [0.29, 0.717) is 0 Å². The van der Waals surface area contributed by atoms with Crippen LogP contribution in [0.5, 0.6) is 0 Å². The summed E-state index contributed by atoms with van der Waals surface area (Å²) >= 11 is 0. The lowest BCUT2D eigenvalue weighted by molar-refractivity contribution is -0.387. The first-order valence-electron chi connectivity index (χ1n) is 5.46. The largest absolute Gasteiger partial charge is 0.392 e. The highest BCUT2D eigenvalue weighted by molar-refractivity contribution is 7.89. The molecule has 0 aliphatic carbocycles. The number of rotatable bonds is 7. The molecule has 0 unspecified atom stereocenters. The van der Waals surface area contributed by atoms with E-state index in [-0.39, 0.29) is 18.8 Å². The van der Waals surface area contributed by atoms with E-state index < -0.39 is 25.5 Å². The third-order valence-electron chi connectivity index (χ3n) is 2.38. The van der Waals surface area contributed by atoms with E-state index in [1.165, 1.54) is 12.2 Å². The molecule has 1 aromatic rings. The van der Waals surface area contributed by atoms with Crippen LogP contribution >= 0.6 is 0 Å². The van der Waals surface area contributed by atoms with Crippen LogP contribution in [0.25, 0.3) is 0 Å². The van der Waals surface area contributed by atoms with E-state index in [0.717, 1.165) is 16.7 Å². The number of nitrogen functional groups attached to an aromatic ring is 1. The standard InChI is InChI=1S/C11H14N4O4S/c1-3-5-14(6-4-2)20(18,19)10-8-13-7-9(12)11(10)15(16)17/h3-4,7-8H,1-2,5-6,12H2. The molecule has 1 aromatic heterocycles. The van der Waals surface area contributed by atoms with Gasteiger partial charge in [0, 0.05) is 13.1 Å². The summed E-state index contributed by atoms with van der Waals surface area (Å²) in [6.07, 6.45) is 4.67. The summed E-state index contributed by atoms with van der Waals surface area (Å²) in [5, 5.41) is 11.0. The molecule has 0 amide bonds. The van der Waals surface area contributed by atoms with Crippen molar-refractivity contribution in [2.45, 2.75) is 4.90 Å². The Bertz CT molecular complexity index is 632. The smallest absolute Gasteiger partial charge is 0.315 e. The Kier molecular flexibility index (Phi) is 4.94. The number of hydrogen-bond acceptors (Lipinski definition) is 6. The fraction of sp³-hybridized carbons (Fsp3) is 0.182. The van der Waals surface area contributed by atoms with Crippen LogP contribution in [0.4, 0.5) is 11.4 Å². The van der Waals surface area contributed by atoms with Gasteiger partial charge in [0.05, 0.1) is 17.3 Å². The van der Waals surface area contributed by atoms with Crippen molar-refractivity contribution < 1.29 is 13.3 Å². The molecule has 8 nitrogen and oxygen atoms in total. The van der Waals surface area contributed by atoms with Gasteiger partial charge in [-0.25, -0.2) is 8.42 Å². The number of hydrogen-bond donors (Lipinski definition) is 1. The van der Waals surface area contributed by atoms with Crippen LogP contribution in [0, 0.1) is 10.1 Å². The van der Waals surface area contributed by atoms with E-state index in [2.05, 4.69) is 18.1 Å². The van der Waals surface area contributed by atoms with Crippen LogP contribution in [0.15, 0.2) is 42.6 Å². The minimum atomic E-state index is -4.12. The Hall–Kier alpha value is -2.26. The molecule has 0 aromatic carbocycles. The highest BCUT2D eigenvalue weighted by Crippen LogP contribution is 2.30. The van der Waals surface area contributed by atoms with Gasteiger partial charge < -0.3 is 5.73 Å². The molecule has 0 saturated heterocycles. The molecule has 0 fully saturated rings. The summed E-state index contributed by atoms with van der Waals surface area (Å²) in [4.78, 5) is 13.2. The first-order chi connectivity index (χ1) is 9.36. The maximum atomic E-state index is 12.4. The van der Waals surface area contributed by atoms with Crippen molar-refractivity contribution in [3.05, 3.63) is 47.8 Å². The molecule has 20 heavy (non-hydrogen) atoms. The van der Waals surface area contributed by atoms with Gasteiger partial charge in [0.2, 0.25) is 0 Å². The Morgan fingerprint density at radius 1 is 1.35 bits per heavy atom. The molecule has 0 aliphatic rings. The number of nitrogens with two attached hydrogens (primary N) is 1. The van der Waals surface area contributed by atoms with Crippen molar-refractivity contribution in [3.8, 4) is 0 Å². The normalized spacial score (nSPS) is 11.2. The second kappa shape index (κ2) is 6.26. The number of anilines is 1. The molecule has 1 rings (SSSR count). The molecule has 0 radical (unpaired) electrons. The third-order valence-corrected chi connectivity index (χ3v) is 4.21. The van der Waals surface area contributed by atoms with Gasteiger partial charge in [0.15, 0.2) is 4.90 Å². The van der Waals surface area contributed by atoms with Gasteiger partial charge in [-0.15, -0.1) is 13.2 Å². The summed E-state index contributed by atoms with van der Waals surface area (Å²) in [5.74, 6) is 0. The van der Waals surface area contributed by atoms with Crippen LogP contribution in [-0.4, -0.2) is 35.7 Å². The van der Waals surface area contributed by atoms with Crippen LogP contribution in [0.1, 0.15) is 0 Å². The highest BCUT2D eigenvalue weighted by atomic mass is 32.2. The van der Waals surface area contributed by atoms with Gasteiger partial charge in [0.1, 0.15) is 5.69 Å². The summed E-state index contributed by atoms with van der Waals surface area (Å²) < 4.78 is 25.8. The van der Waals surface area contributed by atoms with E-state index in [1.54, 1.807) is 0 Å². The molecule has 0 saturated carbocycles. The third kappa shape index (κ3) is 3.00. The number of sulfonamides is 1. The maximum Gasteiger partial charge on any atom is 0.315 e. The number of aromatic nitrogens is 1. The zero-order valence-electron chi connectivity index (χ0n) is 10.6. The lowest BCUT2D eigenvalue weighted by atomic mass is 10.4. The number of nitro groups is 1. The zero-order valence-corrected chi connectivity index (χ0v) is 11.4. The maximum absolute atomic E-state index is 12.4. The Labute approximate surface area is 116 Å². The average Bonchev–Trinajstić information content (AvgIpc) is 2.37. The van der Waals surface area contributed by atoms with Gasteiger partial charge in [-0.05, 0) is 0 Å². The molecular formula is C11H14N4O4S. The molecule has 0 spiro atoms. The topological polar surface area (TPSA) is 119 Å². The van der Waals surface area contributed by atoms with Gasteiger partial charge in [-0.3, -0.25) is 15.1 Å². The zero-order chi connectivity index (χ0) is 15.3. The fourth-order valence-corrected chi connectivity index (χ4v) is 3.04. The SMILES string of the molecule is C=CCN(CC=C)S(=O)(=O)c1cncc(N)c1[N+](=O)[O-]. The van der Waals surface area contributed by atoms with E-state index in [1.807, 2.05) is 0 Å². The minimum absolute atomic E-state index is 0.0136. The van der Waals surface area contributed by atoms with Crippen molar-refractivity contribution in [2.75, 3.05) is 18.8 Å². The predicted octanol–water partition coefficient (Wildman–Crippen LogP) is 0.935. The van der Waals surface area contributed by atoms with Crippen molar-refractivity contribution in [1.29, 1.82) is 0 Å². The summed E-state index contributed by atoms with van der Waals surface area (Å²) in [6, 6.07) is 0. The highest BCUT2D eigenvalue weighted by Gasteiger charge is 2.32. The van der Waals surface area contributed by atoms with Gasteiger partial charge in [-0.2, -0.15) is 4.31 Å². The minimum Gasteiger partial charge on any atom is -0.392 e. The number of pyridine rings is 1. The second-order valence-electron chi connectivity index (χ2n) is 3.73. The van der Waals surface area contributed by atoms with E-state index in [9.17, 15) is 18.5 Å². The molecule has 0 atom stereocenters. The number of nitrogens with zero attached hydrogens (tertiary/aromatic N) is 3. The first-order valence-corrected chi connectivity index (χ1v) is 6.90. The van der Waals surface area contributed by atoms with Gasteiger partial charge in [-0.1, -0.05) is 12.2 Å². The molecule has 1 heterocycles. The predicted molar refractivity (Wildman–Crippen MR) is 74.5 cm³/mol. The van der Waals surface area contributed by atoms with Crippen molar-refractivity contribution in [3.63, 3.8) is 0 Å². The fourth-order valence-electron chi connectivity index (χ4n) is 1.53. The summed E-state index contributed by atoms with van der Waals surface area (Å²) in [5.41, 5.74) is 4.45. The van der Waals surface area contributed by atoms with E-state index >= 15 is 0 Å².